The van der Waals surface area contributed by atoms with Gasteiger partial charge in [0.15, 0.2) is 11.5 Å². The van der Waals surface area contributed by atoms with Crippen LogP contribution in [0.25, 0.3) is 0 Å². The van der Waals surface area contributed by atoms with Gasteiger partial charge in [0.2, 0.25) is 6.79 Å². The van der Waals surface area contributed by atoms with Crippen LogP contribution in [0.4, 0.5) is 5.69 Å². The number of sulfonamides is 1. The van der Waals surface area contributed by atoms with E-state index in [1.54, 1.807) is 48.5 Å². The van der Waals surface area contributed by atoms with Crippen molar-refractivity contribution in [3.05, 3.63) is 80.7 Å². The van der Waals surface area contributed by atoms with Crippen molar-refractivity contribution in [2.24, 2.45) is 5.10 Å². The van der Waals surface area contributed by atoms with Crippen LogP contribution in [-0.4, -0.2) is 33.9 Å². The molecule has 0 bridgehead atoms. The van der Waals surface area contributed by atoms with Gasteiger partial charge in [0.1, 0.15) is 6.54 Å². The number of aryl methyl sites for hydroxylation is 1. The summed E-state index contributed by atoms with van der Waals surface area (Å²) in [7, 11) is -4.01. The molecule has 3 aromatic carbocycles. The Morgan fingerprint density at radius 1 is 1.09 bits per heavy atom. The Labute approximate surface area is 213 Å². The maximum Gasteiger partial charge on any atom is 0.264 e. The highest BCUT2D eigenvalue weighted by Gasteiger charge is 2.27. The Hall–Kier alpha value is -2.89. The minimum absolute atomic E-state index is 0.0821. The zero-order chi connectivity index (χ0) is 24.3. The molecule has 0 atom stereocenters. The zero-order valence-corrected chi connectivity index (χ0v) is 21.9. The molecule has 0 radical (unpaired) electrons. The summed E-state index contributed by atoms with van der Waals surface area (Å²) in [5.41, 5.74) is 4.31. The van der Waals surface area contributed by atoms with E-state index in [9.17, 15) is 13.2 Å². The average Bonchev–Trinajstić information content (AvgIpc) is 3.25. The Morgan fingerprint density at radius 2 is 1.79 bits per heavy atom. The Morgan fingerprint density at radius 3 is 2.50 bits per heavy atom. The minimum atomic E-state index is -4.01. The van der Waals surface area contributed by atoms with Gasteiger partial charge in [-0.15, -0.1) is 0 Å². The second kappa shape index (κ2) is 10.2. The van der Waals surface area contributed by atoms with Gasteiger partial charge in [-0.3, -0.25) is 9.10 Å². The van der Waals surface area contributed by atoms with E-state index < -0.39 is 22.5 Å². The van der Waals surface area contributed by atoms with Gasteiger partial charge in [0.25, 0.3) is 15.9 Å². The maximum absolute atomic E-state index is 13.4. The number of fused-ring (bicyclic) bond motifs is 1. The molecule has 1 aliphatic rings. The number of rotatable bonds is 7. The largest absolute Gasteiger partial charge is 0.454 e. The van der Waals surface area contributed by atoms with Crippen molar-refractivity contribution in [3.8, 4) is 11.5 Å². The van der Waals surface area contributed by atoms with E-state index in [-0.39, 0.29) is 11.7 Å². The molecule has 176 valence electrons. The molecule has 34 heavy (non-hydrogen) atoms. The fourth-order valence-electron chi connectivity index (χ4n) is 3.16. The predicted octanol–water partition coefficient (Wildman–Crippen LogP) is 4.59. The van der Waals surface area contributed by atoms with Gasteiger partial charge >= 0.3 is 0 Å². The number of carbonyl (C=O) groups is 1. The summed E-state index contributed by atoms with van der Waals surface area (Å²) < 4.78 is 39.9. The van der Waals surface area contributed by atoms with Crippen molar-refractivity contribution in [3.63, 3.8) is 0 Å². The third-order valence-electron chi connectivity index (χ3n) is 4.88. The molecule has 0 spiro atoms. The van der Waals surface area contributed by atoms with E-state index >= 15 is 0 Å². The number of hydrazone groups is 1. The molecule has 1 amide bonds. The summed E-state index contributed by atoms with van der Waals surface area (Å²) >= 11 is 6.78. The normalized spacial score (nSPS) is 12.7. The van der Waals surface area contributed by atoms with Crippen molar-refractivity contribution in [2.45, 2.75) is 11.8 Å². The number of amides is 1. The molecule has 1 heterocycles. The van der Waals surface area contributed by atoms with Crippen LogP contribution in [0.1, 0.15) is 11.1 Å². The number of nitrogens with one attached hydrogen (secondary N) is 1. The molecule has 0 saturated heterocycles. The van der Waals surface area contributed by atoms with Crippen molar-refractivity contribution < 1.29 is 22.7 Å². The Kier molecular flexibility index (Phi) is 7.24. The second-order valence-corrected chi connectivity index (χ2v) is 11.0. The van der Waals surface area contributed by atoms with Crippen molar-refractivity contribution in [1.82, 2.24) is 5.43 Å². The van der Waals surface area contributed by atoms with E-state index in [4.69, 9.17) is 9.47 Å². The maximum atomic E-state index is 13.4. The van der Waals surface area contributed by atoms with Crippen LogP contribution >= 0.6 is 31.9 Å². The van der Waals surface area contributed by atoms with Crippen molar-refractivity contribution in [2.75, 3.05) is 17.6 Å². The fourth-order valence-corrected chi connectivity index (χ4v) is 5.38. The molecule has 1 aliphatic heterocycles. The number of hydrogen-bond donors (Lipinski definition) is 1. The predicted molar refractivity (Wildman–Crippen MR) is 136 cm³/mol. The summed E-state index contributed by atoms with van der Waals surface area (Å²) in [5, 5.41) is 3.98. The van der Waals surface area contributed by atoms with Gasteiger partial charge in [0.05, 0.1) is 16.8 Å². The first-order valence-electron chi connectivity index (χ1n) is 10.00. The SMILES string of the molecule is Cc1ccc(S(=O)(=O)N(CC(=O)N/N=C\c2cc3c(cc2Br)OCO3)c2cccc(Br)c2)cc1. The highest BCUT2D eigenvalue weighted by molar-refractivity contribution is 9.10. The molecule has 0 aliphatic carbocycles. The first kappa shape index (κ1) is 24.2. The molecule has 0 unspecified atom stereocenters. The molecule has 0 aromatic heterocycles. The van der Waals surface area contributed by atoms with Crippen molar-refractivity contribution in [1.29, 1.82) is 0 Å². The summed E-state index contributed by atoms with van der Waals surface area (Å²) in [6, 6.07) is 16.6. The summed E-state index contributed by atoms with van der Waals surface area (Å²) in [5.74, 6) is 0.573. The van der Waals surface area contributed by atoms with E-state index in [2.05, 4.69) is 42.4 Å². The van der Waals surface area contributed by atoms with Crippen LogP contribution in [0.15, 0.2) is 79.6 Å². The number of ether oxygens (including phenoxy) is 2. The lowest BCUT2D eigenvalue weighted by molar-refractivity contribution is -0.119. The van der Waals surface area contributed by atoms with Crippen LogP contribution in [0, 0.1) is 6.92 Å². The zero-order valence-electron chi connectivity index (χ0n) is 17.9. The minimum Gasteiger partial charge on any atom is -0.454 e. The third kappa shape index (κ3) is 5.43. The number of halogens is 2. The highest BCUT2D eigenvalue weighted by atomic mass is 79.9. The van der Waals surface area contributed by atoms with Crippen LogP contribution in [-0.2, 0) is 14.8 Å². The Bertz CT molecular complexity index is 1360. The molecule has 4 rings (SSSR count). The topological polar surface area (TPSA) is 97.3 Å². The van der Waals surface area contributed by atoms with Gasteiger partial charge in [0, 0.05) is 14.5 Å². The van der Waals surface area contributed by atoms with Gasteiger partial charge in [-0.2, -0.15) is 5.10 Å². The van der Waals surface area contributed by atoms with Gasteiger partial charge < -0.3 is 9.47 Å². The number of carbonyl (C=O) groups excluding carboxylic acids is 1. The van der Waals surface area contributed by atoms with E-state index in [0.29, 0.717) is 31.7 Å². The fraction of sp³-hybridized carbons (Fsp3) is 0.130. The van der Waals surface area contributed by atoms with E-state index in [1.165, 1.54) is 18.3 Å². The lowest BCUT2D eigenvalue weighted by Crippen LogP contribution is -2.39. The van der Waals surface area contributed by atoms with Gasteiger partial charge in [-0.1, -0.05) is 39.7 Å². The molecule has 3 aromatic rings. The van der Waals surface area contributed by atoms with Crippen molar-refractivity contribution >= 4 is 59.7 Å². The third-order valence-corrected chi connectivity index (χ3v) is 7.85. The summed E-state index contributed by atoms with van der Waals surface area (Å²) in [4.78, 5) is 12.8. The molecule has 11 heteroatoms. The molecule has 1 N–H and O–H groups in total. The second-order valence-electron chi connectivity index (χ2n) is 7.32. The van der Waals surface area contributed by atoms with Crippen LogP contribution in [0.2, 0.25) is 0 Å². The quantitative estimate of drug-likeness (QED) is 0.312. The number of nitrogens with zero attached hydrogens (tertiary/aromatic N) is 2. The van der Waals surface area contributed by atoms with Crippen LogP contribution in [0.3, 0.4) is 0 Å². The summed E-state index contributed by atoms with van der Waals surface area (Å²) in [6.07, 6.45) is 1.43. The van der Waals surface area contributed by atoms with Crippen LogP contribution < -0.4 is 19.2 Å². The lowest BCUT2D eigenvalue weighted by Gasteiger charge is -2.24. The number of benzene rings is 3. The standard InChI is InChI=1S/C23H19Br2N3O5S/c1-15-5-7-19(8-6-15)34(30,31)28(18-4-2-3-17(24)10-18)13-23(29)27-26-12-16-9-21-22(11-20(16)25)33-14-32-21/h2-12H,13-14H2,1H3,(H,27,29)/b26-12-. The number of anilines is 1. The average molecular weight is 609 g/mol. The van der Waals surface area contributed by atoms with Crippen LogP contribution in [0.5, 0.6) is 11.5 Å². The first-order chi connectivity index (χ1) is 16.2. The Balaban J connectivity index is 1.55. The molecule has 0 fully saturated rings. The molecule has 0 saturated carbocycles. The monoisotopic (exact) mass is 607 g/mol. The van der Waals surface area contributed by atoms with Gasteiger partial charge in [-0.25, -0.2) is 13.8 Å². The smallest absolute Gasteiger partial charge is 0.264 e. The van der Waals surface area contributed by atoms with E-state index in [1.807, 2.05) is 6.92 Å². The number of hydrogen-bond acceptors (Lipinski definition) is 6. The highest BCUT2D eigenvalue weighted by Crippen LogP contribution is 2.36. The molecular formula is C23H19Br2N3O5S. The first-order valence-corrected chi connectivity index (χ1v) is 13.0. The lowest BCUT2D eigenvalue weighted by atomic mass is 10.2. The molecule has 8 nitrogen and oxygen atoms in total. The molecular weight excluding hydrogens is 590 g/mol. The summed E-state index contributed by atoms with van der Waals surface area (Å²) in [6.45, 7) is 1.54. The van der Waals surface area contributed by atoms with E-state index in [0.717, 1.165) is 9.87 Å². The van der Waals surface area contributed by atoms with Gasteiger partial charge in [-0.05, 0) is 65.3 Å².